The van der Waals surface area contributed by atoms with E-state index in [1.54, 1.807) is 0 Å². The van der Waals surface area contributed by atoms with Gasteiger partial charge in [0.1, 0.15) is 5.72 Å². The number of hydrogen-bond donors (Lipinski definition) is 2. The highest BCUT2D eigenvalue weighted by atomic mass is 32.1. The van der Waals surface area contributed by atoms with Crippen LogP contribution in [0.1, 0.15) is 19.8 Å². The van der Waals surface area contributed by atoms with Gasteiger partial charge in [0.25, 0.3) is 0 Å². The Morgan fingerprint density at radius 3 is 2.90 bits per heavy atom. The average molecular weight is 160 g/mol. The molecule has 4 heteroatoms. The quantitative estimate of drug-likeness (QED) is 0.543. The molecule has 1 rings (SSSR count). The Balaban J connectivity index is 2.43. The molecule has 0 saturated carbocycles. The molecule has 10 heavy (non-hydrogen) atoms. The molecule has 58 valence electrons. The van der Waals surface area contributed by atoms with Gasteiger partial charge in [-0.25, -0.2) is 0 Å². The van der Waals surface area contributed by atoms with Crippen molar-refractivity contribution in [3.05, 3.63) is 0 Å². The standard InChI is InChI=1S/C6H12N2OS/c1-6(8-5(7)10)3-2-4-9-6/h2-4H2,1H3,(H3,7,8,10)/t6-/m0/s1. The van der Waals surface area contributed by atoms with E-state index in [9.17, 15) is 0 Å². The van der Waals surface area contributed by atoms with E-state index in [-0.39, 0.29) is 5.72 Å². The molecule has 0 aliphatic carbocycles. The molecule has 0 aromatic heterocycles. The molecule has 1 heterocycles. The Morgan fingerprint density at radius 1 is 1.80 bits per heavy atom. The first-order valence-electron chi connectivity index (χ1n) is 3.34. The smallest absolute Gasteiger partial charge is 0.165 e. The maximum Gasteiger partial charge on any atom is 0.165 e. The second kappa shape index (κ2) is 2.72. The minimum Gasteiger partial charge on any atom is -0.376 e. The largest absolute Gasteiger partial charge is 0.376 e. The van der Waals surface area contributed by atoms with E-state index in [4.69, 9.17) is 22.7 Å². The van der Waals surface area contributed by atoms with Gasteiger partial charge >= 0.3 is 0 Å². The topological polar surface area (TPSA) is 47.3 Å². The van der Waals surface area contributed by atoms with Crippen LogP contribution in [0.5, 0.6) is 0 Å². The molecule has 0 amide bonds. The van der Waals surface area contributed by atoms with Gasteiger partial charge in [0, 0.05) is 6.61 Å². The van der Waals surface area contributed by atoms with Gasteiger partial charge in [0.05, 0.1) is 0 Å². The lowest BCUT2D eigenvalue weighted by molar-refractivity contribution is 0.00805. The Hall–Kier alpha value is -0.350. The second-order valence-corrected chi connectivity index (χ2v) is 3.11. The lowest BCUT2D eigenvalue weighted by Gasteiger charge is -2.24. The number of ether oxygens (including phenoxy) is 1. The van der Waals surface area contributed by atoms with Crippen molar-refractivity contribution in [3.63, 3.8) is 0 Å². The van der Waals surface area contributed by atoms with Crippen LogP contribution >= 0.6 is 12.2 Å². The summed E-state index contributed by atoms with van der Waals surface area (Å²) in [6.07, 6.45) is 2.05. The molecule has 0 radical (unpaired) electrons. The van der Waals surface area contributed by atoms with E-state index in [0.717, 1.165) is 19.4 Å². The Bertz CT molecular complexity index is 143. The summed E-state index contributed by atoms with van der Waals surface area (Å²) < 4.78 is 5.37. The third-order valence-electron chi connectivity index (χ3n) is 1.61. The fourth-order valence-corrected chi connectivity index (χ4v) is 1.35. The molecule has 1 atom stereocenters. The van der Waals surface area contributed by atoms with Crippen LogP contribution in [0.15, 0.2) is 0 Å². The monoisotopic (exact) mass is 160 g/mol. The van der Waals surface area contributed by atoms with Crippen molar-refractivity contribution in [2.75, 3.05) is 6.61 Å². The number of thiocarbonyl (C=S) groups is 1. The zero-order chi connectivity index (χ0) is 7.61. The molecular weight excluding hydrogens is 148 g/mol. The predicted molar refractivity (Wildman–Crippen MR) is 43.5 cm³/mol. The Labute approximate surface area is 65.9 Å². The van der Waals surface area contributed by atoms with Crippen LogP contribution in [0.4, 0.5) is 0 Å². The summed E-state index contributed by atoms with van der Waals surface area (Å²) in [4.78, 5) is 0. The summed E-state index contributed by atoms with van der Waals surface area (Å²) in [6.45, 7) is 2.76. The van der Waals surface area contributed by atoms with Crippen molar-refractivity contribution < 1.29 is 4.74 Å². The normalized spacial score (nSPS) is 32.1. The van der Waals surface area contributed by atoms with Gasteiger partial charge in [0.15, 0.2) is 5.11 Å². The maximum absolute atomic E-state index is 5.37. The molecule has 1 aliphatic heterocycles. The van der Waals surface area contributed by atoms with Crippen LogP contribution in [0.25, 0.3) is 0 Å². The van der Waals surface area contributed by atoms with Gasteiger partial charge in [-0.05, 0) is 32.0 Å². The Kier molecular flexibility index (Phi) is 2.11. The zero-order valence-electron chi connectivity index (χ0n) is 6.02. The fraction of sp³-hybridized carbons (Fsp3) is 0.833. The summed E-state index contributed by atoms with van der Waals surface area (Å²) in [6, 6.07) is 0. The first-order chi connectivity index (χ1) is 4.62. The number of rotatable bonds is 1. The summed E-state index contributed by atoms with van der Waals surface area (Å²) in [7, 11) is 0. The SMILES string of the molecule is C[C@@]1(NC(N)=S)CCCO1. The van der Waals surface area contributed by atoms with Crippen molar-refractivity contribution in [2.24, 2.45) is 5.73 Å². The summed E-state index contributed by atoms with van der Waals surface area (Å²) in [5.74, 6) is 0. The van der Waals surface area contributed by atoms with E-state index in [1.165, 1.54) is 0 Å². The van der Waals surface area contributed by atoms with Gasteiger partial charge < -0.3 is 15.8 Å². The molecule has 0 spiro atoms. The average Bonchev–Trinajstić information content (AvgIpc) is 2.12. The van der Waals surface area contributed by atoms with Gasteiger partial charge in [-0.1, -0.05) is 0 Å². The first kappa shape index (κ1) is 7.75. The highest BCUT2D eigenvalue weighted by molar-refractivity contribution is 7.80. The molecule has 1 aliphatic rings. The van der Waals surface area contributed by atoms with Crippen LogP contribution in [-0.4, -0.2) is 17.4 Å². The summed E-state index contributed by atoms with van der Waals surface area (Å²) >= 11 is 4.69. The zero-order valence-corrected chi connectivity index (χ0v) is 6.83. The molecule has 3 nitrogen and oxygen atoms in total. The highest BCUT2D eigenvalue weighted by Gasteiger charge is 2.29. The van der Waals surface area contributed by atoms with Crippen LogP contribution in [0.2, 0.25) is 0 Å². The van der Waals surface area contributed by atoms with Gasteiger partial charge in [-0.2, -0.15) is 0 Å². The molecule has 0 aromatic carbocycles. The van der Waals surface area contributed by atoms with E-state index in [0.29, 0.717) is 5.11 Å². The van der Waals surface area contributed by atoms with E-state index >= 15 is 0 Å². The molecule has 0 unspecified atom stereocenters. The van der Waals surface area contributed by atoms with Crippen molar-refractivity contribution >= 4 is 17.3 Å². The molecule has 1 saturated heterocycles. The number of hydrogen-bond acceptors (Lipinski definition) is 2. The fourth-order valence-electron chi connectivity index (χ4n) is 1.14. The van der Waals surface area contributed by atoms with Crippen LogP contribution in [0, 0.1) is 0 Å². The molecule has 3 N–H and O–H groups in total. The summed E-state index contributed by atoms with van der Waals surface area (Å²) in [5.41, 5.74) is 5.00. The van der Waals surface area contributed by atoms with Crippen LogP contribution in [-0.2, 0) is 4.74 Å². The molecular formula is C6H12N2OS. The van der Waals surface area contributed by atoms with E-state index < -0.39 is 0 Å². The van der Waals surface area contributed by atoms with Crippen molar-refractivity contribution in [1.29, 1.82) is 0 Å². The molecule has 0 bridgehead atoms. The minimum atomic E-state index is -0.300. The van der Waals surface area contributed by atoms with Gasteiger partial charge in [-0.15, -0.1) is 0 Å². The highest BCUT2D eigenvalue weighted by Crippen LogP contribution is 2.21. The van der Waals surface area contributed by atoms with Crippen molar-refractivity contribution in [1.82, 2.24) is 5.32 Å². The number of nitrogens with two attached hydrogens (primary N) is 1. The van der Waals surface area contributed by atoms with Gasteiger partial charge in [0.2, 0.25) is 0 Å². The third kappa shape index (κ3) is 1.82. The maximum atomic E-state index is 5.37. The molecule has 1 fully saturated rings. The summed E-state index contributed by atoms with van der Waals surface area (Å²) in [5, 5.41) is 3.21. The minimum absolute atomic E-state index is 0.300. The Morgan fingerprint density at radius 2 is 2.50 bits per heavy atom. The first-order valence-corrected chi connectivity index (χ1v) is 3.75. The van der Waals surface area contributed by atoms with Gasteiger partial charge in [-0.3, -0.25) is 0 Å². The lowest BCUT2D eigenvalue weighted by atomic mass is 10.2. The predicted octanol–water partition coefficient (Wildman–Crippen LogP) is 0.346. The van der Waals surface area contributed by atoms with Crippen molar-refractivity contribution in [2.45, 2.75) is 25.5 Å². The second-order valence-electron chi connectivity index (χ2n) is 2.67. The van der Waals surface area contributed by atoms with Crippen LogP contribution < -0.4 is 11.1 Å². The van der Waals surface area contributed by atoms with E-state index in [1.807, 2.05) is 6.92 Å². The number of nitrogens with one attached hydrogen (secondary N) is 1. The lowest BCUT2D eigenvalue weighted by Crippen LogP contribution is -2.47. The van der Waals surface area contributed by atoms with Crippen molar-refractivity contribution in [3.8, 4) is 0 Å². The third-order valence-corrected chi connectivity index (χ3v) is 1.71. The van der Waals surface area contributed by atoms with Crippen LogP contribution in [0.3, 0.4) is 0 Å². The molecule has 0 aromatic rings. The van der Waals surface area contributed by atoms with E-state index in [2.05, 4.69) is 5.32 Å².